The molecule has 1 aliphatic rings. The number of rotatable bonds is 4. The standard InChI is InChI=1S/C12H15NO6/c14-6-7-4-9(15)11(16)10(19-7)5-13-3-1-2-8(13)12(17)18/h4,8,14,16H,1-3,5-6H2,(H,17,18). The molecule has 2 heterocycles. The Hall–Kier alpha value is -1.86. The highest BCUT2D eigenvalue weighted by molar-refractivity contribution is 5.73. The molecule has 0 aromatic carbocycles. The highest BCUT2D eigenvalue weighted by atomic mass is 16.4. The van der Waals surface area contributed by atoms with Crippen LogP contribution < -0.4 is 5.43 Å². The van der Waals surface area contributed by atoms with Crippen LogP contribution in [0.25, 0.3) is 0 Å². The summed E-state index contributed by atoms with van der Waals surface area (Å²) in [4.78, 5) is 24.1. The van der Waals surface area contributed by atoms with Gasteiger partial charge in [0.25, 0.3) is 0 Å². The van der Waals surface area contributed by atoms with Crippen LogP contribution in [0.15, 0.2) is 15.3 Å². The van der Waals surface area contributed by atoms with Gasteiger partial charge in [-0.2, -0.15) is 0 Å². The molecule has 19 heavy (non-hydrogen) atoms. The number of hydrogen-bond acceptors (Lipinski definition) is 6. The van der Waals surface area contributed by atoms with E-state index in [9.17, 15) is 14.7 Å². The number of aliphatic hydroxyl groups excluding tert-OH is 1. The maximum atomic E-state index is 11.5. The van der Waals surface area contributed by atoms with Crippen molar-refractivity contribution < 1.29 is 24.5 Å². The van der Waals surface area contributed by atoms with Crippen molar-refractivity contribution in [3.63, 3.8) is 0 Å². The molecule has 0 radical (unpaired) electrons. The van der Waals surface area contributed by atoms with Gasteiger partial charge in [0.05, 0.1) is 6.54 Å². The van der Waals surface area contributed by atoms with Gasteiger partial charge in [0.2, 0.25) is 11.2 Å². The van der Waals surface area contributed by atoms with E-state index >= 15 is 0 Å². The third-order valence-corrected chi connectivity index (χ3v) is 3.20. The summed E-state index contributed by atoms with van der Waals surface area (Å²) >= 11 is 0. The van der Waals surface area contributed by atoms with Gasteiger partial charge in [0, 0.05) is 6.07 Å². The highest BCUT2D eigenvalue weighted by Gasteiger charge is 2.31. The summed E-state index contributed by atoms with van der Waals surface area (Å²) in [6.45, 7) is 0.139. The Balaban J connectivity index is 2.25. The first-order valence-electron chi connectivity index (χ1n) is 5.95. The van der Waals surface area contributed by atoms with Crippen molar-refractivity contribution in [3.8, 4) is 5.75 Å². The molecular formula is C12H15NO6. The van der Waals surface area contributed by atoms with Gasteiger partial charge in [-0.25, -0.2) is 0 Å². The van der Waals surface area contributed by atoms with Crippen molar-refractivity contribution in [2.45, 2.75) is 32.0 Å². The summed E-state index contributed by atoms with van der Waals surface area (Å²) in [6, 6.07) is 0.375. The Morgan fingerprint density at radius 1 is 1.53 bits per heavy atom. The zero-order valence-electron chi connectivity index (χ0n) is 10.2. The van der Waals surface area contributed by atoms with Crippen molar-refractivity contribution in [2.75, 3.05) is 6.54 Å². The minimum Gasteiger partial charge on any atom is -0.502 e. The van der Waals surface area contributed by atoms with E-state index in [1.54, 1.807) is 4.90 Å². The number of nitrogens with zero attached hydrogens (tertiary/aromatic N) is 1. The van der Waals surface area contributed by atoms with E-state index in [1.807, 2.05) is 0 Å². The van der Waals surface area contributed by atoms with Crippen molar-refractivity contribution in [3.05, 3.63) is 27.8 Å². The lowest BCUT2D eigenvalue weighted by molar-refractivity contribution is -0.142. The number of aliphatic carboxylic acids is 1. The molecule has 1 fully saturated rings. The predicted octanol–water partition coefficient (Wildman–Crippen LogP) is -0.113. The first-order chi connectivity index (χ1) is 9.02. The topological polar surface area (TPSA) is 111 Å². The molecule has 0 saturated carbocycles. The van der Waals surface area contributed by atoms with Gasteiger partial charge in [0.1, 0.15) is 18.4 Å². The molecule has 1 unspecified atom stereocenters. The first kappa shape index (κ1) is 13.6. The van der Waals surface area contributed by atoms with Crippen molar-refractivity contribution >= 4 is 5.97 Å². The molecule has 0 aliphatic carbocycles. The molecule has 1 atom stereocenters. The molecule has 7 heteroatoms. The number of aliphatic hydroxyl groups is 1. The van der Waals surface area contributed by atoms with Crippen LogP contribution >= 0.6 is 0 Å². The number of carboxylic acid groups (broad SMARTS) is 1. The third kappa shape index (κ3) is 2.77. The van der Waals surface area contributed by atoms with Gasteiger partial charge in [-0.1, -0.05) is 0 Å². The number of likely N-dealkylation sites (tertiary alicyclic amines) is 1. The van der Waals surface area contributed by atoms with E-state index in [2.05, 4.69) is 0 Å². The fourth-order valence-corrected chi connectivity index (χ4v) is 2.25. The Morgan fingerprint density at radius 2 is 2.26 bits per heavy atom. The summed E-state index contributed by atoms with van der Waals surface area (Å²) in [5.74, 6) is -1.43. The monoisotopic (exact) mass is 269 g/mol. The molecule has 1 saturated heterocycles. The fraction of sp³-hybridized carbons (Fsp3) is 0.500. The third-order valence-electron chi connectivity index (χ3n) is 3.20. The summed E-state index contributed by atoms with van der Waals surface area (Å²) < 4.78 is 5.19. The zero-order chi connectivity index (χ0) is 14.0. The van der Waals surface area contributed by atoms with Crippen LogP contribution in [-0.2, 0) is 17.9 Å². The van der Waals surface area contributed by atoms with Crippen LogP contribution in [0.2, 0.25) is 0 Å². The maximum absolute atomic E-state index is 11.5. The van der Waals surface area contributed by atoms with Crippen LogP contribution in [-0.4, -0.2) is 38.8 Å². The van der Waals surface area contributed by atoms with E-state index in [1.165, 1.54) is 0 Å². The maximum Gasteiger partial charge on any atom is 0.320 e. The number of hydrogen-bond donors (Lipinski definition) is 3. The molecule has 0 bridgehead atoms. The lowest BCUT2D eigenvalue weighted by Crippen LogP contribution is -2.35. The average Bonchev–Trinajstić information content (AvgIpc) is 2.82. The fourth-order valence-electron chi connectivity index (χ4n) is 2.25. The molecule has 7 nitrogen and oxygen atoms in total. The summed E-state index contributed by atoms with van der Waals surface area (Å²) in [5.41, 5.74) is -0.642. The number of carboxylic acids is 1. The molecule has 0 spiro atoms. The SMILES string of the molecule is O=C(O)C1CCCN1Cc1oc(CO)cc(=O)c1O. The molecule has 104 valence electrons. The minimum atomic E-state index is -0.933. The van der Waals surface area contributed by atoms with E-state index in [0.29, 0.717) is 13.0 Å². The van der Waals surface area contributed by atoms with Crippen LogP contribution in [0.4, 0.5) is 0 Å². The zero-order valence-corrected chi connectivity index (χ0v) is 10.2. The summed E-state index contributed by atoms with van der Waals surface area (Å²) in [5, 5.41) is 27.6. The van der Waals surface area contributed by atoms with E-state index in [4.69, 9.17) is 14.6 Å². The minimum absolute atomic E-state index is 0.00954. The second kappa shape index (κ2) is 5.41. The lowest BCUT2D eigenvalue weighted by Gasteiger charge is -2.20. The van der Waals surface area contributed by atoms with Gasteiger partial charge < -0.3 is 19.7 Å². The molecule has 2 rings (SSSR count). The van der Waals surface area contributed by atoms with Gasteiger partial charge in [0.15, 0.2) is 5.76 Å². The lowest BCUT2D eigenvalue weighted by atomic mass is 10.2. The Kier molecular flexibility index (Phi) is 3.87. The molecule has 1 aliphatic heterocycles. The average molecular weight is 269 g/mol. The van der Waals surface area contributed by atoms with Crippen molar-refractivity contribution in [1.29, 1.82) is 0 Å². The normalized spacial score (nSPS) is 19.7. The molecule has 1 aromatic heterocycles. The quantitative estimate of drug-likeness (QED) is 0.699. The van der Waals surface area contributed by atoms with Crippen LogP contribution in [0, 0.1) is 0 Å². The van der Waals surface area contributed by atoms with E-state index in [0.717, 1.165) is 12.5 Å². The van der Waals surface area contributed by atoms with E-state index in [-0.39, 0.29) is 18.1 Å². The Bertz CT molecular complexity index is 538. The van der Waals surface area contributed by atoms with Gasteiger partial charge in [-0.3, -0.25) is 14.5 Å². The van der Waals surface area contributed by atoms with E-state index < -0.39 is 29.8 Å². The largest absolute Gasteiger partial charge is 0.502 e. The summed E-state index contributed by atoms with van der Waals surface area (Å²) in [6.07, 6.45) is 1.27. The van der Waals surface area contributed by atoms with Crippen molar-refractivity contribution in [2.24, 2.45) is 0 Å². The second-order valence-corrected chi connectivity index (χ2v) is 4.47. The second-order valence-electron chi connectivity index (χ2n) is 4.47. The Morgan fingerprint density at radius 3 is 2.89 bits per heavy atom. The Labute approximate surface area is 108 Å². The van der Waals surface area contributed by atoms with Gasteiger partial charge in [-0.15, -0.1) is 0 Å². The number of carbonyl (C=O) groups is 1. The highest BCUT2D eigenvalue weighted by Crippen LogP contribution is 2.23. The van der Waals surface area contributed by atoms with Crippen LogP contribution in [0.3, 0.4) is 0 Å². The van der Waals surface area contributed by atoms with Gasteiger partial charge in [-0.05, 0) is 19.4 Å². The molecule has 3 N–H and O–H groups in total. The van der Waals surface area contributed by atoms with Crippen LogP contribution in [0.5, 0.6) is 5.75 Å². The number of aromatic hydroxyl groups is 1. The molecular weight excluding hydrogens is 254 g/mol. The van der Waals surface area contributed by atoms with Crippen LogP contribution in [0.1, 0.15) is 24.4 Å². The molecule has 0 amide bonds. The predicted molar refractivity (Wildman–Crippen MR) is 63.6 cm³/mol. The molecule has 1 aromatic rings. The first-order valence-corrected chi connectivity index (χ1v) is 5.95. The smallest absolute Gasteiger partial charge is 0.320 e. The summed E-state index contributed by atoms with van der Waals surface area (Å²) in [7, 11) is 0. The van der Waals surface area contributed by atoms with Gasteiger partial charge >= 0.3 is 5.97 Å². The van der Waals surface area contributed by atoms with Crippen molar-refractivity contribution in [1.82, 2.24) is 4.90 Å².